The van der Waals surface area contributed by atoms with Crippen molar-refractivity contribution in [2.24, 2.45) is 5.41 Å². The highest BCUT2D eigenvalue weighted by Crippen LogP contribution is 2.25. The number of carbonyl (C=O) groups is 2. The summed E-state index contributed by atoms with van der Waals surface area (Å²) in [6.07, 6.45) is 1.81. The SMILES string of the molecule is Cc1cccc(/C=C(/C(=O)OCC(=O)C(C)(C)C)c2cccs2)c1. The number of carbonyl (C=O) groups excluding carboxylic acids is 2. The Morgan fingerprint density at radius 2 is 1.92 bits per heavy atom. The number of esters is 1. The molecule has 0 atom stereocenters. The number of hydrogen-bond donors (Lipinski definition) is 0. The van der Waals surface area contributed by atoms with Crippen LogP contribution in [0.2, 0.25) is 0 Å². The van der Waals surface area contributed by atoms with Crippen LogP contribution in [0.25, 0.3) is 11.6 Å². The molecular weight excluding hydrogens is 320 g/mol. The second-order valence-corrected chi connectivity index (χ2v) is 7.65. The summed E-state index contributed by atoms with van der Waals surface area (Å²) in [5, 5.41) is 1.91. The van der Waals surface area contributed by atoms with Crippen LogP contribution in [0.15, 0.2) is 41.8 Å². The van der Waals surface area contributed by atoms with Gasteiger partial charge in [0.05, 0.1) is 5.57 Å². The van der Waals surface area contributed by atoms with Crippen LogP contribution in [0.5, 0.6) is 0 Å². The predicted molar refractivity (Wildman–Crippen MR) is 98.8 cm³/mol. The van der Waals surface area contributed by atoms with Gasteiger partial charge < -0.3 is 4.74 Å². The van der Waals surface area contributed by atoms with E-state index < -0.39 is 11.4 Å². The normalized spacial score (nSPS) is 12.1. The molecule has 0 fully saturated rings. The lowest BCUT2D eigenvalue weighted by atomic mass is 9.91. The fraction of sp³-hybridized carbons (Fsp3) is 0.300. The van der Waals surface area contributed by atoms with Gasteiger partial charge in [-0.3, -0.25) is 4.79 Å². The number of aryl methyl sites for hydroxylation is 1. The number of rotatable bonds is 5. The number of Topliss-reactive ketones (excluding diaryl/α,β-unsaturated/α-hetero) is 1. The number of ketones is 1. The van der Waals surface area contributed by atoms with Crippen molar-refractivity contribution in [3.8, 4) is 0 Å². The zero-order chi connectivity index (χ0) is 17.7. The molecule has 0 aliphatic heterocycles. The number of hydrogen-bond acceptors (Lipinski definition) is 4. The van der Waals surface area contributed by atoms with E-state index in [9.17, 15) is 9.59 Å². The van der Waals surface area contributed by atoms with Crippen molar-refractivity contribution < 1.29 is 14.3 Å². The van der Waals surface area contributed by atoms with Gasteiger partial charge in [0.2, 0.25) is 0 Å². The molecule has 0 amide bonds. The van der Waals surface area contributed by atoms with E-state index in [0.29, 0.717) is 5.57 Å². The maximum Gasteiger partial charge on any atom is 0.340 e. The smallest absolute Gasteiger partial charge is 0.340 e. The Hall–Kier alpha value is -2.20. The van der Waals surface area contributed by atoms with Gasteiger partial charge in [0, 0.05) is 10.3 Å². The van der Waals surface area contributed by atoms with Crippen molar-refractivity contribution in [1.29, 1.82) is 0 Å². The van der Waals surface area contributed by atoms with Gasteiger partial charge >= 0.3 is 5.97 Å². The molecule has 1 aromatic carbocycles. The number of benzene rings is 1. The Balaban J connectivity index is 2.24. The lowest BCUT2D eigenvalue weighted by Gasteiger charge is -2.16. The Morgan fingerprint density at radius 1 is 1.17 bits per heavy atom. The molecule has 126 valence electrons. The first-order chi connectivity index (χ1) is 11.3. The highest BCUT2D eigenvalue weighted by Gasteiger charge is 2.24. The fourth-order valence-electron chi connectivity index (χ4n) is 2.01. The van der Waals surface area contributed by atoms with Crippen molar-refractivity contribution >= 4 is 34.7 Å². The molecule has 2 rings (SSSR count). The zero-order valence-corrected chi connectivity index (χ0v) is 15.3. The molecule has 1 heterocycles. The Morgan fingerprint density at radius 3 is 2.50 bits per heavy atom. The Labute approximate surface area is 147 Å². The van der Waals surface area contributed by atoms with E-state index in [2.05, 4.69) is 0 Å². The van der Waals surface area contributed by atoms with Gasteiger partial charge in [-0.15, -0.1) is 11.3 Å². The standard InChI is InChI=1S/C20H22O3S/c1-14-7-5-8-15(11-14)12-16(17-9-6-10-24-17)19(22)23-13-18(21)20(2,3)4/h5-12H,13H2,1-4H3/b16-12+. The minimum atomic E-state index is -0.524. The molecule has 24 heavy (non-hydrogen) atoms. The van der Waals surface area contributed by atoms with Gasteiger partial charge in [0.15, 0.2) is 12.4 Å². The minimum Gasteiger partial charge on any atom is -0.454 e. The van der Waals surface area contributed by atoms with E-state index in [4.69, 9.17) is 4.74 Å². The van der Waals surface area contributed by atoms with Crippen LogP contribution >= 0.6 is 11.3 Å². The van der Waals surface area contributed by atoms with E-state index in [-0.39, 0.29) is 12.4 Å². The summed E-state index contributed by atoms with van der Waals surface area (Å²) in [5.41, 5.74) is 1.99. The van der Waals surface area contributed by atoms with Crippen molar-refractivity contribution in [3.05, 3.63) is 57.8 Å². The third-order valence-electron chi connectivity index (χ3n) is 3.53. The second kappa shape index (κ2) is 7.58. The molecule has 2 aromatic rings. The minimum absolute atomic E-state index is 0.100. The van der Waals surface area contributed by atoms with Crippen LogP contribution in [0.4, 0.5) is 0 Å². The van der Waals surface area contributed by atoms with Gasteiger partial charge in [0.25, 0.3) is 0 Å². The quantitative estimate of drug-likeness (QED) is 0.581. The lowest BCUT2D eigenvalue weighted by molar-refractivity contribution is -0.144. The van der Waals surface area contributed by atoms with Crippen molar-refractivity contribution in [1.82, 2.24) is 0 Å². The van der Waals surface area contributed by atoms with Gasteiger partial charge in [-0.2, -0.15) is 0 Å². The first kappa shape index (κ1) is 18.1. The molecule has 0 spiro atoms. The molecule has 0 aliphatic carbocycles. The highest BCUT2D eigenvalue weighted by molar-refractivity contribution is 7.11. The van der Waals surface area contributed by atoms with Crippen LogP contribution in [-0.4, -0.2) is 18.4 Å². The van der Waals surface area contributed by atoms with Crippen molar-refractivity contribution in [3.63, 3.8) is 0 Å². The van der Waals surface area contributed by atoms with Gasteiger partial charge in [-0.1, -0.05) is 56.7 Å². The molecule has 0 N–H and O–H groups in total. The first-order valence-corrected chi connectivity index (χ1v) is 8.68. The molecule has 0 aliphatic rings. The molecule has 0 unspecified atom stereocenters. The lowest BCUT2D eigenvalue weighted by Crippen LogP contribution is -2.26. The Kier molecular flexibility index (Phi) is 5.73. The summed E-state index contributed by atoms with van der Waals surface area (Å²) in [6.45, 7) is 7.23. The molecule has 4 heteroatoms. The Bertz CT molecular complexity index is 749. The van der Waals surface area contributed by atoms with E-state index in [1.165, 1.54) is 11.3 Å². The second-order valence-electron chi connectivity index (χ2n) is 6.70. The van der Waals surface area contributed by atoms with E-state index >= 15 is 0 Å². The molecule has 3 nitrogen and oxygen atoms in total. The highest BCUT2D eigenvalue weighted by atomic mass is 32.1. The third kappa shape index (κ3) is 4.90. The van der Waals surface area contributed by atoms with Crippen LogP contribution < -0.4 is 0 Å². The zero-order valence-electron chi connectivity index (χ0n) is 14.5. The summed E-state index contributed by atoms with van der Waals surface area (Å²) in [4.78, 5) is 25.3. The average Bonchev–Trinajstić information content (AvgIpc) is 3.03. The molecule has 0 saturated carbocycles. The summed E-state index contributed by atoms with van der Waals surface area (Å²) in [6, 6.07) is 11.6. The maximum atomic E-state index is 12.5. The van der Waals surface area contributed by atoms with Gasteiger partial charge in [-0.05, 0) is 30.0 Å². The number of thiophene rings is 1. The summed E-state index contributed by atoms with van der Waals surface area (Å²) < 4.78 is 5.27. The van der Waals surface area contributed by atoms with E-state index in [0.717, 1.165) is 16.0 Å². The monoisotopic (exact) mass is 342 g/mol. The van der Waals surface area contributed by atoms with Crippen molar-refractivity contribution in [2.45, 2.75) is 27.7 Å². The van der Waals surface area contributed by atoms with E-state index in [1.807, 2.05) is 75.5 Å². The molecule has 1 aromatic heterocycles. The van der Waals surface area contributed by atoms with E-state index in [1.54, 1.807) is 0 Å². The molecule has 0 bridgehead atoms. The third-order valence-corrected chi connectivity index (χ3v) is 4.43. The largest absolute Gasteiger partial charge is 0.454 e. The summed E-state index contributed by atoms with van der Waals surface area (Å²) in [5.74, 6) is -0.575. The van der Waals surface area contributed by atoms with Crippen LogP contribution in [0.1, 0.15) is 36.8 Å². The molecule has 0 saturated heterocycles. The molecule has 0 radical (unpaired) electrons. The fourth-order valence-corrected chi connectivity index (χ4v) is 2.74. The van der Waals surface area contributed by atoms with Crippen LogP contribution in [0.3, 0.4) is 0 Å². The van der Waals surface area contributed by atoms with Gasteiger partial charge in [0.1, 0.15) is 0 Å². The summed E-state index contributed by atoms with van der Waals surface area (Å²) >= 11 is 1.47. The number of ether oxygens (including phenoxy) is 1. The van der Waals surface area contributed by atoms with Crippen LogP contribution in [-0.2, 0) is 14.3 Å². The predicted octanol–water partition coefficient (Wildman–Crippen LogP) is 4.76. The molecular formula is C20H22O3S. The van der Waals surface area contributed by atoms with Crippen molar-refractivity contribution in [2.75, 3.05) is 6.61 Å². The average molecular weight is 342 g/mol. The maximum absolute atomic E-state index is 12.5. The van der Waals surface area contributed by atoms with Gasteiger partial charge in [-0.25, -0.2) is 4.79 Å². The first-order valence-electron chi connectivity index (χ1n) is 7.80. The summed E-state index contributed by atoms with van der Waals surface area (Å²) in [7, 11) is 0. The van der Waals surface area contributed by atoms with Crippen LogP contribution in [0, 0.1) is 12.3 Å². The topological polar surface area (TPSA) is 43.4 Å².